The summed E-state index contributed by atoms with van der Waals surface area (Å²) in [5, 5.41) is 13.0. The first-order valence-electron chi connectivity index (χ1n) is 9.38. The van der Waals surface area contributed by atoms with Crippen molar-refractivity contribution in [2.75, 3.05) is 36.4 Å². The lowest BCUT2D eigenvalue weighted by Gasteiger charge is -2.35. The Morgan fingerprint density at radius 1 is 0.968 bits per heavy atom. The van der Waals surface area contributed by atoms with Crippen LogP contribution in [-0.4, -0.2) is 53.7 Å². The molecule has 1 saturated heterocycles. The maximum atomic E-state index is 12.5. The molecule has 0 spiro atoms. The van der Waals surface area contributed by atoms with Crippen molar-refractivity contribution in [2.45, 2.75) is 6.36 Å². The zero-order valence-electron chi connectivity index (χ0n) is 16.1. The minimum Gasteiger partial charge on any atom is -0.406 e. The molecule has 0 unspecified atom stereocenters. The van der Waals surface area contributed by atoms with Crippen LogP contribution >= 0.6 is 11.6 Å². The number of alkyl halides is 3. The summed E-state index contributed by atoms with van der Waals surface area (Å²) < 4.78 is 40.5. The number of fused-ring (bicyclic) bond motifs is 1. The zero-order valence-corrected chi connectivity index (χ0v) is 16.8. The van der Waals surface area contributed by atoms with Crippen molar-refractivity contribution in [1.82, 2.24) is 15.1 Å². The molecular formula is C20H17ClF3N5O2. The quantitative estimate of drug-likeness (QED) is 0.633. The summed E-state index contributed by atoms with van der Waals surface area (Å²) in [6.07, 6.45) is -4.76. The van der Waals surface area contributed by atoms with Crippen LogP contribution in [0.15, 0.2) is 48.5 Å². The van der Waals surface area contributed by atoms with E-state index in [1.54, 1.807) is 4.90 Å². The molecule has 1 aliphatic heterocycles. The first kappa shape index (κ1) is 21.0. The Balaban J connectivity index is 1.37. The molecule has 0 bridgehead atoms. The molecule has 31 heavy (non-hydrogen) atoms. The molecule has 1 aromatic heterocycles. The third-order valence-corrected chi connectivity index (χ3v) is 5.11. The number of hydrogen-bond acceptors (Lipinski definition) is 5. The van der Waals surface area contributed by atoms with Gasteiger partial charge in [0, 0.05) is 42.6 Å². The number of piperazine rings is 1. The Kier molecular flexibility index (Phi) is 5.73. The Morgan fingerprint density at radius 2 is 1.61 bits per heavy atom. The van der Waals surface area contributed by atoms with E-state index in [4.69, 9.17) is 11.6 Å². The second-order valence-corrected chi connectivity index (χ2v) is 7.19. The van der Waals surface area contributed by atoms with Crippen molar-refractivity contribution in [1.29, 1.82) is 0 Å². The molecule has 4 rings (SSSR count). The number of carbonyl (C=O) groups excluding carboxylic acids is 1. The average Bonchev–Trinajstić information content (AvgIpc) is 2.75. The number of nitrogens with one attached hydrogen (secondary N) is 1. The van der Waals surface area contributed by atoms with Gasteiger partial charge in [-0.2, -0.15) is 0 Å². The van der Waals surface area contributed by atoms with Crippen LogP contribution < -0.4 is 15.0 Å². The summed E-state index contributed by atoms with van der Waals surface area (Å²) in [5.74, 6) is 0.357. The second kappa shape index (κ2) is 8.46. The van der Waals surface area contributed by atoms with Gasteiger partial charge in [0.05, 0.1) is 0 Å². The van der Waals surface area contributed by atoms with E-state index in [-0.39, 0.29) is 11.8 Å². The first-order chi connectivity index (χ1) is 14.8. The summed E-state index contributed by atoms with van der Waals surface area (Å²) in [7, 11) is 0. The van der Waals surface area contributed by atoms with E-state index in [2.05, 4.69) is 20.3 Å². The van der Waals surface area contributed by atoms with Crippen LogP contribution in [-0.2, 0) is 0 Å². The van der Waals surface area contributed by atoms with E-state index >= 15 is 0 Å². The molecule has 2 heterocycles. The van der Waals surface area contributed by atoms with E-state index in [9.17, 15) is 18.0 Å². The minimum absolute atomic E-state index is 0.337. The van der Waals surface area contributed by atoms with Gasteiger partial charge in [0.1, 0.15) is 5.75 Å². The third kappa shape index (κ3) is 4.91. The highest BCUT2D eigenvalue weighted by atomic mass is 35.5. The van der Waals surface area contributed by atoms with Crippen molar-refractivity contribution in [3.05, 3.63) is 53.7 Å². The van der Waals surface area contributed by atoms with Crippen molar-refractivity contribution in [3.8, 4) is 5.75 Å². The zero-order chi connectivity index (χ0) is 22.0. The van der Waals surface area contributed by atoms with E-state index < -0.39 is 6.36 Å². The van der Waals surface area contributed by atoms with Gasteiger partial charge in [-0.15, -0.1) is 23.4 Å². The number of nitrogens with zero attached hydrogens (tertiary/aromatic N) is 4. The number of rotatable bonds is 3. The number of urea groups is 1. The molecule has 11 heteroatoms. The van der Waals surface area contributed by atoms with Crippen LogP contribution in [0.2, 0.25) is 5.15 Å². The monoisotopic (exact) mass is 451 g/mol. The summed E-state index contributed by atoms with van der Waals surface area (Å²) in [4.78, 5) is 16.2. The SMILES string of the molecule is O=C(Nc1ccc(OC(F)(F)F)cc1)N1CCN(c2nnc(Cl)c3ccccc23)CC1. The number of anilines is 2. The fraction of sp³-hybridized carbons (Fsp3) is 0.250. The first-order valence-corrected chi connectivity index (χ1v) is 9.75. The van der Waals surface area contributed by atoms with Crippen molar-refractivity contribution >= 4 is 39.9 Å². The Hall–Kier alpha value is -3.27. The smallest absolute Gasteiger partial charge is 0.406 e. The van der Waals surface area contributed by atoms with Gasteiger partial charge in [-0.3, -0.25) is 0 Å². The van der Waals surface area contributed by atoms with Gasteiger partial charge in [0.2, 0.25) is 0 Å². The lowest BCUT2D eigenvalue weighted by molar-refractivity contribution is -0.274. The van der Waals surface area contributed by atoms with Crippen LogP contribution in [0.1, 0.15) is 0 Å². The predicted molar refractivity (Wildman–Crippen MR) is 110 cm³/mol. The van der Waals surface area contributed by atoms with E-state index in [0.717, 1.165) is 22.9 Å². The molecule has 1 fully saturated rings. The highest BCUT2D eigenvalue weighted by Crippen LogP contribution is 2.29. The molecule has 0 radical (unpaired) electrons. The third-order valence-electron chi connectivity index (χ3n) is 4.83. The number of aromatic nitrogens is 2. The van der Waals surface area contributed by atoms with Gasteiger partial charge in [-0.1, -0.05) is 35.9 Å². The van der Waals surface area contributed by atoms with Crippen LogP contribution in [0.5, 0.6) is 5.75 Å². The van der Waals surface area contributed by atoms with Crippen LogP contribution in [0.3, 0.4) is 0 Å². The van der Waals surface area contributed by atoms with Gasteiger partial charge in [-0.05, 0) is 24.3 Å². The predicted octanol–water partition coefficient (Wildman–Crippen LogP) is 4.54. The number of carbonyl (C=O) groups is 1. The van der Waals surface area contributed by atoms with E-state index in [0.29, 0.717) is 42.8 Å². The molecule has 0 aliphatic carbocycles. The summed E-state index contributed by atoms with van der Waals surface area (Å²) in [6.45, 7) is 1.98. The van der Waals surface area contributed by atoms with Gasteiger partial charge in [0.25, 0.3) is 0 Å². The Morgan fingerprint density at radius 3 is 2.26 bits per heavy atom. The number of ether oxygens (including phenoxy) is 1. The van der Waals surface area contributed by atoms with Gasteiger partial charge >= 0.3 is 12.4 Å². The molecule has 1 N–H and O–H groups in total. The number of halogens is 4. The standard InChI is InChI=1S/C20H17ClF3N5O2/c21-17-15-3-1-2-4-16(15)18(27-26-17)28-9-11-29(12-10-28)19(30)25-13-5-7-14(8-6-13)31-20(22,23)24/h1-8H,9-12H2,(H,25,30). The summed E-state index contributed by atoms with van der Waals surface area (Å²) in [5.41, 5.74) is 0.372. The van der Waals surface area contributed by atoms with E-state index in [1.807, 2.05) is 29.2 Å². The van der Waals surface area contributed by atoms with Crippen LogP contribution in [0.4, 0.5) is 29.5 Å². The molecule has 162 valence electrons. The average molecular weight is 452 g/mol. The van der Waals surface area contributed by atoms with Crippen molar-refractivity contribution in [3.63, 3.8) is 0 Å². The highest BCUT2D eigenvalue weighted by Gasteiger charge is 2.31. The minimum atomic E-state index is -4.76. The normalized spacial score (nSPS) is 14.6. The van der Waals surface area contributed by atoms with Crippen molar-refractivity contribution < 1.29 is 22.7 Å². The Bertz CT molecular complexity index is 1090. The fourth-order valence-corrected chi connectivity index (χ4v) is 3.56. The van der Waals surface area contributed by atoms with Crippen molar-refractivity contribution in [2.24, 2.45) is 0 Å². The molecule has 3 aromatic rings. The second-order valence-electron chi connectivity index (χ2n) is 6.84. The van der Waals surface area contributed by atoms with Gasteiger partial charge in [-0.25, -0.2) is 4.79 Å². The largest absolute Gasteiger partial charge is 0.573 e. The number of benzene rings is 2. The molecule has 2 aromatic carbocycles. The molecular weight excluding hydrogens is 435 g/mol. The maximum Gasteiger partial charge on any atom is 0.573 e. The topological polar surface area (TPSA) is 70.6 Å². The maximum absolute atomic E-state index is 12.5. The number of hydrogen-bond donors (Lipinski definition) is 1. The summed E-state index contributed by atoms with van der Waals surface area (Å²) >= 11 is 6.13. The summed E-state index contributed by atoms with van der Waals surface area (Å²) in [6, 6.07) is 12.2. The molecule has 0 saturated carbocycles. The molecule has 0 atom stereocenters. The Labute approximate surface area is 180 Å². The van der Waals surface area contributed by atoms with E-state index in [1.165, 1.54) is 12.1 Å². The fourth-order valence-electron chi connectivity index (χ4n) is 3.35. The molecule has 2 amide bonds. The van der Waals surface area contributed by atoms with Crippen LogP contribution in [0.25, 0.3) is 10.8 Å². The van der Waals surface area contributed by atoms with Gasteiger partial charge < -0.3 is 19.9 Å². The lowest BCUT2D eigenvalue weighted by Crippen LogP contribution is -2.50. The van der Waals surface area contributed by atoms with Gasteiger partial charge in [0.15, 0.2) is 11.0 Å². The molecule has 7 nitrogen and oxygen atoms in total. The highest BCUT2D eigenvalue weighted by molar-refractivity contribution is 6.34. The molecule has 1 aliphatic rings. The lowest BCUT2D eigenvalue weighted by atomic mass is 10.1. The van der Waals surface area contributed by atoms with Crippen LogP contribution in [0, 0.1) is 0 Å². The number of amides is 2.